The summed E-state index contributed by atoms with van der Waals surface area (Å²) in [6.07, 6.45) is 2.74. The maximum Gasteiger partial charge on any atom is 0.0724 e. The Labute approximate surface area is 61.0 Å². The zero-order valence-corrected chi connectivity index (χ0v) is 6.30. The molecule has 0 aliphatic carbocycles. The second-order valence-electron chi connectivity index (χ2n) is 2.24. The van der Waals surface area contributed by atoms with Gasteiger partial charge in [-0.2, -0.15) is 10.2 Å². The number of rotatable bonds is 6. The molecular weight excluding hydrogens is 128 g/mol. The van der Waals surface area contributed by atoms with Gasteiger partial charge in [0.15, 0.2) is 0 Å². The lowest BCUT2D eigenvalue weighted by Gasteiger charge is -2.04. The van der Waals surface area contributed by atoms with Crippen molar-refractivity contribution in [3.8, 4) is 0 Å². The van der Waals surface area contributed by atoms with Gasteiger partial charge in [-0.05, 0) is 12.8 Å². The van der Waals surface area contributed by atoms with Crippen molar-refractivity contribution in [3.63, 3.8) is 0 Å². The summed E-state index contributed by atoms with van der Waals surface area (Å²) >= 11 is 0. The van der Waals surface area contributed by atoms with Crippen LogP contribution in [0.2, 0.25) is 0 Å². The van der Waals surface area contributed by atoms with E-state index in [2.05, 4.69) is 17.2 Å². The average Bonchev–Trinajstić information content (AvgIpc) is 1.98. The molecule has 0 aliphatic heterocycles. The van der Waals surface area contributed by atoms with Crippen LogP contribution in [0.1, 0.15) is 26.2 Å². The number of nitrogens with one attached hydrogen (secondary N) is 2. The number of hydrogen-bond acceptors (Lipinski definition) is 4. The molecule has 4 nitrogen and oxygen atoms in total. The molecule has 58 valence electrons. The molecule has 0 bridgehead atoms. The fourth-order valence-corrected chi connectivity index (χ4v) is 0.820. The summed E-state index contributed by atoms with van der Waals surface area (Å²) in [6.45, 7) is 2.57. The zero-order valence-electron chi connectivity index (χ0n) is 6.30. The number of nitrogens with zero attached hydrogens (tertiary/aromatic N) is 2. The van der Waals surface area contributed by atoms with Gasteiger partial charge in [-0.1, -0.05) is 13.3 Å². The van der Waals surface area contributed by atoms with Crippen molar-refractivity contribution in [1.29, 1.82) is 11.1 Å². The lowest BCUT2D eigenvalue weighted by atomic mass is 10.1. The van der Waals surface area contributed by atoms with Crippen molar-refractivity contribution < 1.29 is 0 Å². The van der Waals surface area contributed by atoms with Crippen molar-refractivity contribution >= 4 is 0 Å². The van der Waals surface area contributed by atoms with E-state index in [9.17, 15) is 0 Å². The fraction of sp³-hybridized carbons (Fsp3) is 1.00. The highest BCUT2D eigenvalue weighted by Crippen LogP contribution is 2.05. The lowest BCUT2D eigenvalue weighted by molar-refractivity contribution is 0.532. The fourth-order valence-electron chi connectivity index (χ4n) is 0.820. The highest BCUT2D eigenvalue weighted by Gasteiger charge is 2.03. The van der Waals surface area contributed by atoms with Crippen molar-refractivity contribution in [2.75, 3.05) is 6.54 Å². The molecule has 10 heavy (non-hydrogen) atoms. The van der Waals surface area contributed by atoms with Gasteiger partial charge in [-0.15, -0.1) is 0 Å². The Balaban J connectivity index is 3.38. The van der Waals surface area contributed by atoms with Gasteiger partial charge >= 0.3 is 0 Å². The molecule has 0 aromatic carbocycles. The Morgan fingerprint density at radius 3 is 2.40 bits per heavy atom. The Kier molecular flexibility index (Phi) is 5.82. The van der Waals surface area contributed by atoms with Gasteiger partial charge in [0.25, 0.3) is 0 Å². The van der Waals surface area contributed by atoms with Crippen LogP contribution >= 0.6 is 0 Å². The largest absolute Gasteiger partial charge is 0.210 e. The predicted octanol–water partition coefficient (Wildman–Crippen LogP) is 2.61. The van der Waals surface area contributed by atoms with E-state index in [4.69, 9.17) is 11.1 Å². The number of hydrogen-bond donors (Lipinski definition) is 2. The standard InChI is InChI=1S/C6H14N4/c1-2-3-6(10-8)4-5-9-7/h6-8H,2-5H2,1H3. The minimum Gasteiger partial charge on any atom is -0.210 e. The van der Waals surface area contributed by atoms with E-state index in [1.54, 1.807) is 0 Å². The highest BCUT2D eigenvalue weighted by atomic mass is 15.0. The maximum absolute atomic E-state index is 6.76. The van der Waals surface area contributed by atoms with Crippen LogP contribution in [0.15, 0.2) is 10.2 Å². The molecule has 0 spiro atoms. The SMILES string of the molecule is CCCC(CCN=N)N=N. The first-order chi connectivity index (χ1) is 4.85. The molecule has 1 unspecified atom stereocenters. The molecular formula is C6H14N4. The molecule has 0 radical (unpaired) electrons. The van der Waals surface area contributed by atoms with Crippen LogP contribution in [-0.2, 0) is 0 Å². The summed E-state index contributed by atoms with van der Waals surface area (Å²) in [4.78, 5) is 0. The van der Waals surface area contributed by atoms with Crippen molar-refractivity contribution in [2.45, 2.75) is 32.2 Å². The third kappa shape index (κ3) is 4.12. The van der Waals surface area contributed by atoms with Gasteiger partial charge < -0.3 is 0 Å². The summed E-state index contributed by atoms with van der Waals surface area (Å²) in [5.74, 6) is 0. The quantitative estimate of drug-likeness (QED) is 0.535. The summed E-state index contributed by atoms with van der Waals surface area (Å²) in [6, 6.07) is 0.0964. The lowest BCUT2D eigenvalue weighted by Crippen LogP contribution is -2.03. The first kappa shape index (κ1) is 9.20. The summed E-state index contributed by atoms with van der Waals surface area (Å²) in [7, 11) is 0. The van der Waals surface area contributed by atoms with Crippen molar-refractivity contribution in [3.05, 3.63) is 0 Å². The Bertz CT molecular complexity index is 102. The second-order valence-corrected chi connectivity index (χ2v) is 2.24. The minimum atomic E-state index is 0.0964. The van der Waals surface area contributed by atoms with Crippen LogP contribution in [0.5, 0.6) is 0 Å². The van der Waals surface area contributed by atoms with Crippen molar-refractivity contribution in [2.24, 2.45) is 10.2 Å². The van der Waals surface area contributed by atoms with Gasteiger partial charge in [-0.25, -0.2) is 11.1 Å². The summed E-state index contributed by atoms with van der Waals surface area (Å²) in [5.41, 5.74) is 13.3. The molecule has 0 aromatic rings. The molecule has 1 atom stereocenters. The summed E-state index contributed by atoms with van der Waals surface area (Å²) < 4.78 is 0. The van der Waals surface area contributed by atoms with Crippen molar-refractivity contribution in [1.82, 2.24) is 0 Å². The molecule has 0 fully saturated rings. The van der Waals surface area contributed by atoms with Crippen LogP contribution in [0.3, 0.4) is 0 Å². The van der Waals surface area contributed by atoms with Gasteiger partial charge in [0.05, 0.1) is 12.6 Å². The smallest absolute Gasteiger partial charge is 0.0724 e. The van der Waals surface area contributed by atoms with Crippen LogP contribution in [0.4, 0.5) is 0 Å². The van der Waals surface area contributed by atoms with E-state index in [0.29, 0.717) is 6.54 Å². The van der Waals surface area contributed by atoms with Gasteiger partial charge in [0, 0.05) is 0 Å². The third-order valence-corrected chi connectivity index (χ3v) is 1.38. The second kappa shape index (κ2) is 6.32. The molecule has 0 amide bonds. The van der Waals surface area contributed by atoms with E-state index in [0.717, 1.165) is 19.3 Å². The van der Waals surface area contributed by atoms with Crippen LogP contribution in [0.25, 0.3) is 0 Å². The van der Waals surface area contributed by atoms with Gasteiger partial charge in [-0.3, -0.25) is 0 Å². The normalized spacial score (nSPS) is 12.5. The summed E-state index contributed by atoms with van der Waals surface area (Å²) in [5, 5.41) is 6.63. The minimum absolute atomic E-state index is 0.0964. The van der Waals surface area contributed by atoms with Crippen LogP contribution < -0.4 is 0 Å². The van der Waals surface area contributed by atoms with E-state index >= 15 is 0 Å². The molecule has 4 heteroatoms. The topological polar surface area (TPSA) is 72.4 Å². The molecule has 0 aromatic heterocycles. The molecule has 0 saturated heterocycles. The third-order valence-electron chi connectivity index (χ3n) is 1.38. The molecule has 0 rings (SSSR count). The predicted molar refractivity (Wildman–Crippen MR) is 38.5 cm³/mol. The Morgan fingerprint density at radius 1 is 1.30 bits per heavy atom. The average molecular weight is 142 g/mol. The van der Waals surface area contributed by atoms with Gasteiger partial charge in [0.2, 0.25) is 0 Å². The maximum atomic E-state index is 6.76. The zero-order chi connectivity index (χ0) is 7.82. The van der Waals surface area contributed by atoms with E-state index < -0.39 is 0 Å². The van der Waals surface area contributed by atoms with E-state index in [-0.39, 0.29) is 6.04 Å². The highest BCUT2D eigenvalue weighted by molar-refractivity contribution is 4.62. The van der Waals surface area contributed by atoms with Gasteiger partial charge in [0.1, 0.15) is 0 Å². The molecule has 0 saturated carbocycles. The van der Waals surface area contributed by atoms with Crippen LogP contribution in [-0.4, -0.2) is 12.6 Å². The molecule has 0 heterocycles. The first-order valence-electron chi connectivity index (χ1n) is 3.55. The Hall–Kier alpha value is -0.800. The molecule has 0 aliphatic rings. The van der Waals surface area contributed by atoms with Crippen LogP contribution in [0, 0.1) is 11.1 Å². The monoisotopic (exact) mass is 142 g/mol. The van der Waals surface area contributed by atoms with E-state index in [1.165, 1.54) is 0 Å². The first-order valence-corrected chi connectivity index (χ1v) is 3.55. The molecule has 2 N–H and O–H groups in total. The van der Waals surface area contributed by atoms with E-state index in [1.807, 2.05) is 0 Å². The Morgan fingerprint density at radius 2 is 2.00 bits per heavy atom.